The summed E-state index contributed by atoms with van der Waals surface area (Å²) in [7, 11) is 0. The maximum absolute atomic E-state index is 13.0. The van der Waals surface area contributed by atoms with E-state index in [4.69, 9.17) is 5.73 Å². The van der Waals surface area contributed by atoms with Crippen LogP contribution >= 0.6 is 0 Å². The van der Waals surface area contributed by atoms with Crippen LogP contribution in [0.15, 0.2) is 18.2 Å². The van der Waals surface area contributed by atoms with Gasteiger partial charge in [0.25, 0.3) is 0 Å². The Balaban J connectivity index is 3.00. The lowest BCUT2D eigenvalue weighted by Gasteiger charge is -2.04. The highest BCUT2D eigenvalue weighted by Gasteiger charge is 2.05. The molecule has 0 saturated carbocycles. The van der Waals surface area contributed by atoms with Gasteiger partial charge in [-0.3, -0.25) is 4.79 Å². The van der Waals surface area contributed by atoms with Crippen molar-refractivity contribution in [2.45, 2.75) is 6.92 Å². The number of carbonyl (C=O) groups excluding carboxylic acids is 1. The van der Waals surface area contributed by atoms with Crippen molar-refractivity contribution in [2.24, 2.45) is 0 Å². The van der Waals surface area contributed by atoms with E-state index < -0.39 is 5.82 Å². The molecule has 0 spiro atoms. The molecule has 4 heteroatoms. The summed E-state index contributed by atoms with van der Waals surface area (Å²) in [6, 6.07) is 4.46. The number of anilines is 2. The van der Waals surface area contributed by atoms with E-state index in [9.17, 15) is 9.18 Å². The van der Waals surface area contributed by atoms with Crippen LogP contribution in [-0.4, -0.2) is 5.91 Å². The third-order valence-electron chi connectivity index (χ3n) is 1.34. The van der Waals surface area contributed by atoms with Gasteiger partial charge < -0.3 is 11.1 Å². The van der Waals surface area contributed by atoms with Crippen LogP contribution in [-0.2, 0) is 4.79 Å². The molecule has 0 heterocycles. The number of hydrogen-bond donors (Lipinski definition) is 2. The first-order valence-electron chi connectivity index (χ1n) is 3.43. The largest absolute Gasteiger partial charge is 0.396 e. The van der Waals surface area contributed by atoms with Crippen molar-refractivity contribution in [3.8, 4) is 0 Å². The first-order chi connectivity index (χ1) is 5.61. The van der Waals surface area contributed by atoms with Crippen molar-refractivity contribution < 1.29 is 9.18 Å². The average molecular weight is 168 g/mol. The lowest BCUT2D eigenvalue weighted by atomic mass is 10.2. The zero-order valence-electron chi connectivity index (χ0n) is 6.60. The van der Waals surface area contributed by atoms with Gasteiger partial charge in [0, 0.05) is 6.92 Å². The minimum atomic E-state index is -0.590. The predicted molar refractivity (Wildman–Crippen MR) is 45.1 cm³/mol. The Labute approximate surface area is 69.4 Å². The van der Waals surface area contributed by atoms with Gasteiger partial charge in [0.1, 0.15) is 0 Å². The van der Waals surface area contributed by atoms with Crippen LogP contribution in [0.4, 0.5) is 15.8 Å². The fraction of sp³-hybridized carbons (Fsp3) is 0.125. The molecule has 1 aromatic carbocycles. The second kappa shape index (κ2) is 3.21. The minimum absolute atomic E-state index is 0.0289. The molecule has 0 unspecified atom stereocenters. The standard InChI is InChI=1S/C8H9FN2O/c1-5(12)11-7-4-2-3-6(10)8(7)9/h2-4H,10H2,1H3,(H,11,12). The predicted octanol–water partition coefficient (Wildman–Crippen LogP) is 1.37. The van der Waals surface area contributed by atoms with E-state index in [1.54, 1.807) is 6.07 Å². The van der Waals surface area contributed by atoms with Gasteiger partial charge in [-0.1, -0.05) is 6.07 Å². The average Bonchev–Trinajstić information content (AvgIpc) is 1.98. The SMILES string of the molecule is CC(=O)Nc1cccc(N)c1F. The Hall–Kier alpha value is -1.58. The summed E-state index contributed by atoms with van der Waals surface area (Å²) in [5, 5.41) is 2.32. The van der Waals surface area contributed by atoms with E-state index in [1.807, 2.05) is 0 Å². The summed E-state index contributed by atoms with van der Waals surface area (Å²) in [6.07, 6.45) is 0. The van der Waals surface area contributed by atoms with Gasteiger partial charge in [-0.15, -0.1) is 0 Å². The molecule has 0 atom stereocenters. The number of nitrogen functional groups attached to an aromatic ring is 1. The number of nitrogens with one attached hydrogen (secondary N) is 1. The monoisotopic (exact) mass is 168 g/mol. The van der Waals surface area contributed by atoms with Gasteiger partial charge in [-0.2, -0.15) is 0 Å². The second-order valence-electron chi connectivity index (χ2n) is 2.39. The highest BCUT2D eigenvalue weighted by molar-refractivity contribution is 5.89. The van der Waals surface area contributed by atoms with Gasteiger partial charge in [-0.05, 0) is 12.1 Å². The first kappa shape index (κ1) is 8.52. The fourth-order valence-corrected chi connectivity index (χ4v) is 0.836. The summed E-state index contributed by atoms with van der Waals surface area (Å²) in [5.41, 5.74) is 5.41. The summed E-state index contributed by atoms with van der Waals surface area (Å²) in [5.74, 6) is -0.910. The molecule has 1 amide bonds. The Morgan fingerprint density at radius 2 is 2.25 bits per heavy atom. The molecule has 0 fully saturated rings. The van der Waals surface area contributed by atoms with E-state index in [0.717, 1.165) is 0 Å². The number of amides is 1. The summed E-state index contributed by atoms with van der Waals surface area (Å²) in [4.78, 5) is 10.6. The number of benzene rings is 1. The highest BCUT2D eigenvalue weighted by atomic mass is 19.1. The van der Waals surface area contributed by atoms with Gasteiger partial charge in [0.05, 0.1) is 11.4 Å². The van der Waals surface area contributed by atoms with Crippen LogP contribution in [0.5, 0.6) is 0 Å². The van der Waals surface area contributed by atoms with Gasteiger partial charge in [0.15, 0.2) is 5.82 Å². The number of nitrogens with two attached hydrogens (primary N) is 1. The Morgan fingerprint density at radius 1 is 1.58 bits per heavy atom. The summed E-state index contributed by atoms with van der Waals surface area (Å²) < 4.78 is 13.0. The lowest BCUT2D eigenvalue weighted by molar-refractivity contribution is -0.114. The first-order valence-corrected chi connectivity index (χ1v) is 3.43. The lowest BCUT2D eigenvalue weighted by Crippen LogP contribution is -2.08. The molecule has 64 valence electrons. The van der Waals surface area contributed by atoms with Gasteiger partial charge in [-0.25, -0.2) is 4.39 Å². The quantitative estimate of drug-likeness (QED) is 0.622. The third-order valence-corrected chi connectivity index (χ3v) is 1.34. The molecule has 1 rings (SSSR count). The molecule has 12 heavy (non-hydrogen) atoms. The maximum Gasteiger partial charge on any atom is 0.221 e. The van der Waals surface area contributed by atoms with Crippen LogP contribution in [0.1, 0.15) is 6.92 Å². The minimum Gasteiger partial charge on any atom is -0.396 e. The Kier molecular flexibility index (Phi) is 2.28. The molecule has 0 bridgehead atoms. The molecule has 0 radical (unpaired) electrons. The third kappa shape index (κ3) is 1.72. The molecular weight excluding hydrogens is 159 g/mol. The number of hydrogen-bond acceptors (Lipinski definition) is 2. The van der Waals surface area contributed by atoms with Crippen molar-refractivity contribution >= 4 is 17.3 Å². The highest BCUT2D eigenvalue weighted by Crippen LogP contribution is 2.18. The fourth-order valence-electron chi connectivity index (χ4n) is 0.836. The van der Waals surface area contributed by atoms with Crippen LogP contribution in [0.3, 0.4) is 0 Å². The summed E-state index contributed by atoms with van der Waals surface area (Å²) in [6.45, 7) is 1.31. The molecule has 0 aliphatic heterocycles. The molecule has 3 N–H and O–H groups in total. The number of halogens is 1. The topological polar surface area (TPSA) is 55.1 Å². The van der Waals surface area contributed by atoms with E-state index in [0.29, 0.717) is 0 Å². The molecular formula is C8H9FN2O. The maximum atomic E-state index is 13.0. The van der Waals surface area contributed by atoms with Crippen LogP contribution in [0.25, 0.3) is 0 Å². The van der Waals surface area contributed by atoms with E-state index in [2.05, 4.69) is 5.32 Å². The van der Waals surface area contributed by atoms with E-state index in [1.165, 1.54) is 19.1 Å². The normalized spacial score (nSPS) is 9.50. The molecule has 0 saturated heterocycles. The Bertz CT molecular complexity index is 312. The van der Waals surface area contributed by atoms with Gasteiger partial charge >= 0.3 is 0 Å². The molecule has 0 aliphatic rings. The van der Waals surface area contributed by atoms with Crippen LogP contribution in [0.2, 0.25) is 0 Å². The van der Waals surface area contributed by atoms with Crippen molar-refractivity contribution in [2.75, 3.05) is 11.1 Å². The van der Waals surface area contributed by atoms with Crippen molar-refractivity contribution in [1.29, 1.82) is 0 Å². The molecule has 1 aromatic rings. The van der Waals surface area contributed by atoms with E-state index >= 15 is 0 Å². The van der Waals surface area contributed by atoms with Crippen LogP contribution < -0.4 is 11.1 Å². The second-order valence-corrected chi connectivity index (χ2v) is 2.39. The Morgan fingerprint density at radius 3 is 2.83 bits per heavy atom. The van der Waals surface area contributed by atoms with Crippen molar-refractivity contribution in [1.82, 2.24) is 0 Å². The molecule has 0 aromatic heterocycles. The molecule has 3 nitrogen and oxygen atoms in total. The van der Waals surface area contributed by atoms with Crippen LogP contribution in [0, 0.1) is 5.82 Å². The van der Waals surface area contributed by atoms with Crippen molar-refractivity contribution in [3.05, 3.63) is 24.0 Å². The zero-order chi connectivity index (χ0) is 9.14. The smallest absolute Gasteiger partial charge is 0.221 e. The zero-order valence-corrected chi connectivity index (χ0v) is 6.60. The van der Waals surface area contributed by atoms with E-state index in [-0.39, 0.29) is 17.3 Å². The van der Waals surface area contributed by atoms with Crippen molar-refractivity contribution in [3.63, 3.8) is 0 Å². The molecule has 0 aliphatic carbocycles. The summed E-state index contributed by atoms with van der Waals surface area (Å²) >= 11 is 0. The number of carbonyl (C=O) groups is 1. The van der Waals surface area contributed by atoms with Gasteiger partial charge in [0.2, 0.25) is 5.91 Å². The number of rotatable bonds is 1.